The van der Waals surface area contributed by atoms with Crippen LogP contribution in [0.5, 0.6) is 0 Å². The standard InChI is InChI=1S/C13H21NS/c1-3-5-10-15-13-9-7-6-8-11(13)12(14)4-2/h6-9,12H,3-5,10,14H2,1-2H3/t12-/m1/s1. The lowest BCUT2D eigenvalue weighted by Crippen LogP contribution is -2.09. The normalized spacial score (nSPS) is 12.7. The predicted molar refractivity (Wildman–Crippen MR) is 69.3 cm³/mol. The van der Waals surface area contributed by atoms with Gasteiger partial charge in [0.15, 0.2) is 0 Å². The number of benzene rings is 1. The molecular weight excluding hydrogens is 202 g/mol. The van der Waals surface area contributed by atoms with Gasteiger partial charge in [0.25, 0.3) is 0 Å². The van der Waals surface area contributed by atoms with Crippen LogP contribution in [0.4, 0.5) is 0 Å². The molecule has 1 atom stereocenters. The summed E-state index contributed by atoms with van der Waals surface area (Å²) in [4.78, 5) is 1.36. The fraction of sp³-hybridized carbons (Fsp3) is 0.538. The van der Waals surface area contributed by atoms with Gasteiger partial charge in [-0.15, -0.1) is 11.8 Å². The zero-order chi connectivity index (χ0) is 11.1. The molecular formula is C13H21NS. The third-order valence-electron chi connectivity index (χ3n) is 2.51. The SMILES string of the molecule is CCCCSc1ccccc1[C@H](N)CC. The minimum atomic E-state index is 0.190. The molecule has 0 spiro atoms. The Hall–Kier alpha value is -0.470. The molecule has 0 fully saturated rings. The molecule has 2 heteroatoms. The summed E-state index contributed by atoms with van der Waals surface area (Å²) >= 11 is 1.94. The lowest BCUT2D eigenvalue weighted by Gasteiger charge is -2.14. The van der Waals surface area contributed by atoms with E-state index in [2.05, 4.69) is 38.1 Å². The van der Waals surface area contributed by atoms with Crippen LogP contribution in [0, 0.1) is 0 Å². The van der Waals surface area contributed by atoms with E-state index < -0.39 is 0 Å². The third kappa shape index (κ3) is 3.88. The van der Waals surface area contributed by atoms with Crippen LogP contribution in [0.3, 0.4) is 0 Å². The minimum Gasteiger partial charge on any atom is -0.324 e. The molecule has 0 heterocycles. The van der Waals surface area contributed by atoms with E-state index in [0.29, 0.717) is 0 Å². The van der Waals surface area contributed by atoms with Crippen LogP contribution in [-0.4, -0.2) is 5.75 Å². The van der Waals surface area contributed by atoms with Crippen molar-refractivity contribution in [1.29, 1.82) is 0 Å². The summed E-state index contributed by atoms with van der Waals surface area (Å²) in [5.74, 6) is 1.20. The van der Waals surface area contributed by atoms with Gasteiger partial charge in [-0.1, -0.05) is 38.5 Å². The average Bonchev–Trinajstić information content (AvgIpc) is 2.29. The van der Waals surface area contributed by atoms with Gasteiger partial charge in [-0.05, 0) is 30.2 Å². The van der Waals surface area contributed by atoms with E-state index in [0.717, 1.165) is 6.42 Å². The molecule has 1 aromatic carbocycles. The molecule has 0 saturated heterocycles. The highest BCUT2D eigenvalue weighted by atomic mass is 32.2. The van der Waals surface area contributed by atoms with Gasteiger partial charge in [-0.2, -0.15) is 0 Å². The molecule has 15 heavy (non-hydrogen) atoms. The summed E-state index contributed by atoms with van der Waals surface area (Å²) < 4.78 is 0. The second-order valence-electron chi connectivity index (χ2n) is 3.75. The lowest BCUT2D eigenvalue weighted by molar-refractivity contribution is 0.685. The molecule has 84 valence electrons. The van der Waals surface area contributed by atoms with Crippen LogP contribution in [0.15, 0.2) is 29.2 Å². The second kappa shape index (κ2) is 6.91. The topological polar surface area (TPSA) is 26.0 Å². The van der Waals surface area contributed by atoms with E-state index in [1.165, 1.54) is 29.1 Å². The number of hydrogen-bond donors (Lipinski definition) is 1. The number of unbranched alkanes of at least 4 members (excludes halogenated alkanes) is 1. The second-order valence-corrected chi connectivity index (χ2v) is 4.89. The molecule has 0 saturated carbocycles. The van der Waals surface area contributed by atoms with Gasteiger partial charge < -0.3 is 5.73 Å². The van der Waals surface area contributed by atoms with Gasteiger partial charge in [0.1, 0.15) is 0 Å². The summed E-state index contributed by atoms with van der Waals surface area (Å²) in [5, 5.41) is 0. The number of rotatable bonds is 6. The van der Waals surface area contributed by atoms with Crippen LogP contribution >= 0.6 is 11.8 Å². The fourth-order valence-electron chi connectivity index (χ4n) is 1.46. The van der Waals surface area contributed by atoms with Crippen molar-refractivity contribution in [2.75, 3.05) is 5.75 Å². The Balaban J connectivity index is 2.68. The molecule has 1 nitrogen and oxygen atoms in total. The molecule has 0 radical (unpaired) electrons. The van der Waals surface area contributed by atoms with Crippen LogP contribution in [0.1, 0.15) is 44.7 Å². The van der Waals surface area contributed by atoms with Crippen LogP contribution in [0.25, 0.3) is 0 Å². The van der Waals surface area contributed by atoms with E-state index in [9.17, 15) is 0 Å². The van der Waals surface area contributed by atoms with Gasteiger partial charge in [0, 0.05) is 10.9 Å². The molecule has 1 aromatic rings. The Morgan fingerprint density at radius 2 is 2.00 bits per heavy atom. The van der Waals surface area contributed by atoms with Crippen LogP contribution in [-0.2, 0) is 0 Å². The summed E-state index contributed by atoms with van der Waals surface area (Å²) in [6, 6.07) is 8.71. The van der Waals surface area contributed by atoms with E-state index in [-0.39, 0.29) is 6.04 Å². The molecule has 0 unspecified atom stereocenters. The van der Waals surface area contributed by atoms with Crippen molar-refractivity contribution in [3.05, 3.63) is 29.8 Å². The summed E-state index contributed by atoms with van der Waals surface area (Å²) in [6.07, 6.45) is 3.54. The Morgan fingerprint density at radius 3 is 2.67 bits per heavy atom. The maximum atomic E-state index is 6.09. The first kappa shape index (κ1) is 12.6. The highest BCUT2D eigenvalue weighted by Crippen LogP contribution is 2.28. The average molecular weight is 223 g/mol. The van der Waals surface area contributed by atoms with E-state index in [1.54, 1.807) is 0 Å². The molecule has 0 aromatic heterocycles. The first-order valence-electron chi connectivity index (χ1n) is 5.76. The highest BCUT2D eigenvalue weighted by Gasteiger charge is 2.08. The third-order valence-corrected chi connectivity index (χ3v) is 3.69. The molecule has 0 bridgehead atoms. The van der Waals surface area contributed by atoms with Gasteiger partial charge in [0.05, 0.1) is 0 Å². The number of thioether (sulfide) groups is 1. The maximum absolute atomic E-state index is 6.09. The summed E-state index contributed by atoms with van der Waals surface area (Å²) in [6.45, 7) is 4.36. The molecule has 0 aliphatic heterocycles. The van der Waals surface area contributed by atoms with Gasteiger partial charge in [0.2, 0.25) is 0 Å². The zero-order valence-corrected chi connectivity index (χ0v) is 10.5. The first-order valence-corrected chi connectivity index (χ1v) is 6.75. The van der Waals surface area contributed by atoms with Crippen molar-refractivity contribution in [3.63, 3.8) is 0 Å². The predicted octanol–water partition coefficient (Wildman–Crippen LogP) is 3.99. The van der Waals surface area contributed by atoms with Crippen LogP contribution in [0.2, 0.25) is 0 Å². The Kier molecular flexibility index (Phi) is 5.81. The van der Waals surface area contributed by atoms with Crippen molar-refractivity contribution in [3.8, 4) is 0 Å². The van der Waals surface area contributed by atoms with Gasteiger partial charge in [-0.3, -0.25) is 0 Å². The van der Waals surface area contributed by atoms with E-state index in [4.69, 9.17) is 5.73 Å². The molecule has 0 aliphatic rings. The molecule has 0 amide bonds. The first-order chi connectivity index (χ1) is 7.29. The minimum absolute atomic E-state index is 0.190. The fourth-order valence-corrected chi connectivity index (χ4v) is 2.68. The monoisotopic (exact) mass is 223 g/mol. The van der Waals surface area contributed by atoms with Gasteiger partial charge >= 0.3 is 0 Å². The highest BCUT2D eigenvalue weighted by molar-refractivity contribution is 7.99. The van der Waals surface area contributed by atoms with Crippen LogP contribution < -0.4 is 5.73 Å². The molecule has 0 aliphatic carbocycles. The number of hydrogen-bond acceptors (Lipinski definition) is 2. The molecule has 2 N–H and O–H groups in total. The van der Waals surface area contributed by atoms with Crippen molar-refractivity contribution < 1.29 is 0 Å². The van der Waals surface area contributed by atoms with E-state index >= 15 is 0 Å². The Bertz CT molecular complexity index is 286. The smallest absolute Gasteiger partial charge is 0.0303 e. The Labute approximate surface area is 97.4 Å². The maximum Gasteiger partial charge on any atom is 0.0303 e. The van der Waals surface area contributed by atoms with Gasteiger partial charge in [-0.25, -0.2) is 0 Å². The van der Waals surface area contributed by atoms with Crippen molar-refractivity contribution in [2.45, 2.75) is 44.0 Å². The molecule has 1 rings (SSSR count). The van der Waals surface area contributed by atoms with E-state index in [1.807, 2.05) is 11.8 Å². The largest absolute Gasteiger partial charge is 0.324 e. The quantitative estimate of drug-likeness (QED) is 0.583. The zero-order valence-electron chi connectivity index (χ0n) is 9.70. The van der Waals surface area contributed by atoms with Crippen molar-refractivity contribution in [2.24, 2.45) is 5.73 Å². The summed E-state index contributed by atoms with van der Waals surface area (Å²) in [5.41, 5.74) is 7.39. The van der Waals surface area contributed by atoms with Crippen molar-refractivity contribution in [1.82, 2.24) is 0 Å². The van der Waals surface area contributed by atoms with Crippen molar-refractivity contribution >= 4 is 11.8 Å². The number of nitrogens with two attached hydrogens (primary N) is 1. The summed E-state index contributed by atoms with van der Waals surface area (Å²) in [7, 11) is 0. The lowest BCUT2D eigenvalue weighted by atomic mass is 10.1. The Morgan fingerprint density at radius 1 is 1.27 bits per heavy atom.